The van der Waals surface area contributed by atoms with Gasteiger partial charge in [-0.25, -0.2) is 0 Å². The van der Waals surface area contributed by atoms with E-state index in [1.807, 2.05) is 0 Å². The molecule has 3 N–H and O–H groups in total. The molecule has 1 rings (SSSR count). The minimum Gasteiger partial charge on any atom is -0.330 e. The van der Waals surface area contributed by atoms with Crippen LogP contribution in [0.1, 0.15) is 52.9 Å². The number of hydrogen-bond donors (Lipinski definition) is 2. The summed E-state index contributed by atoms with van der Waals surface area (Å²) in [7, 11) is 0. The van der Waals surface area contributed by atoms with Gasteiger partial charge in [0.15, 0.2) is 0 Å². The zero-order valence-corrected chi connectivity index (χ0v) is 10.7. The Bertz CT molecular complexity index is 172. The summed E-state index contributed by atoms with van der Waals surface area (Å²) in [6, 6.07) is 0.727. The maximum absolute atomic E-state index is 5.52. The molecule has 1 saturated carbocycles. The fourth-order valence-electron chi connectivity index (χ4n) is 2.80. The van der Waals surface area contributed by atoms with Crippen LogP contribution in [-0.2, 0) is 0 Å². The molecule has 0 amide bonds. The molecule has 90 valence electrons. The molecule has 0 heterocycles. The van der Waals surface area contributed by atoms with Crippen LogP contribution in [0.3, 0.4) is 0 Å². The number of nitrogens with two attached hydrogens (primary N) is 1. The van der Waals surface area contributed by atoms with Gasteiger partial charge in [-0.1, -0.05) is 33.6 Å². The Morgan fingerprint density at radius 1 is 1.20 bits per heavy atom. The van der Waals surface area contributed by atoms with E-state index in [2.05, 4.69) is 26.1 Å². The molecular weight excluding hydrogens is 184 g/mol. The summed E-state index contributed by atoms with van der Waals surface area (Å²) in [4.78, 5) is 0. The van der Waals surface area contributed by atoms with Crippen LogP contribution in [0.25, 0.3) is 0 Å². The first-order valence-electron chi connectivity index (χ1n) is 6.49. The van der Waals surface area contributed by atoms with Crippen molar-refractivity contribution >= 4 is 0 Å². The van der Waals surface area contributed by atoms with Crippen LogP contribution in [0.4, 0.5) is 0 Å². The molecule has 1 fully saturated rings. The minimum absolute atomic E-state index is 0.445. The summed E-state index contributed by atoms with van der Waals surface area (Å²) in [6.45, 7) is 9.02. The lowest BCUT2D eigenvalue weighted by Crippen LogP contribution is -2.44. The maximum Gasteiger partial charge on any atom is 0.0100 e. The van der Waals surface area contributed by atoms with Crippen LogP contribution < -0.4 is 11.1 Å². The smallest absolute Gasteiger partial charge is 0.0100 e. The number of nitrogens with one attached hydrogen (secondary N) is 1. The average Bonchev–Trinajstić information content (AvgIpc) is 2.17. The lowest BCUT2D eigenvalue weighted by molar-refractivity contribution is 0.131. The standard InChI is InChI=1S/C13H28N2/c1-13(2,3)11-7-4-5-8-12(11)15-10-6-9-14/h11-12,15H,4-10,14H2,1-3H3. The van der Waals surface area contributed by atoms with Crippen molar-refractivity contribution in [2.45, 2.75) is 58.9 Å². The first-order chi connectivity index (χ1) is 7.05. The zero-order valence-electron chi connectivity index (χ0n) is 10.7. The summed E-state index contributed by atoms with van der Waals surface area (Å²) >= 11 is 0. The first kappa shape index (κ1) is 13.0. The largest absolute Gasteiger partial charge is 0.330 e. The Hall–Kier alpha value is -0.0800. The van der Waals surface area contributed by atoms with E-state index in [0.717, 1.165) is 31.5 Å². The SMILES string of the molecule is CC(C)(C)C1CCCCC1NCCCN. The van der Waals surface area contributed by atoms with Gasteiger partial charge in [-0.2, -0.15) is 0 Å². The van der Waals surface area contributed by atoms with Gasteiger partial charge in [0, 0.05) is 6.04 Å². The molecule has 0 spiro atoms. The van der Waals surface area contributed by atoms with Gasteiger partial charge < -0.3 is 11.1 Å². The van der Waals surface area contributed by atoms with E-state index in [9.17, 15) is 0 Å². The minimum atomic E-state index is 0.445. The van der Waals surface area contributed by atoms with Gasteiger partial charge in [0.1, 0.15) is 0 Å². The number of rotatable bonds is 4. The Labute approximate surface area is 95.0 Å². The lowest BCUT2D eigenvalue weighted by atomic mass is 9.69. The molecular formula is C13H28N2. The van der Waals surface area contributed by atoms with Crippen molar-refractivity contribution in [3.05, 3.63) is 0 Å². The van der Waals surface area contributed by atoms with Crippen molar-refractivity contribution in [2.75, 3.05) is 13.1 Å². The molecule has 0 aromatic carbocycles. The van der Waals surface area contributed by atoms with Crippen LogP contribution in [0.5, 0.6) is 0 Å². The van der Waals surface area contributed by atoms with Gasteiger partial charge in [-0.3, -0.25) is 0 Å². The molecule has 2 heteroatoms. The van der Waals surface area contributed by atoms with Crippen molar-refractivity contribution in [2.24, 2.45) is 17.1 Å². The van der Waals surface area contributed by atoms with Gasteiger partial charge >= 0.3 is 0 Å². The highest BCUT2D eigenvalue weighted by atomic mass is 14.9. The summed E-state index contributed by atoms with van der Waals surface area (Å²) in [5.74, 6) is 0.837. The van der Waals surface area contributed by atoms with Crippen LogP contribution in [0, 0.1) is 11.3 Å². The van der Waals surface area contributed by atoms with Crippen molar-refractivity contribution in [3.63, 3.8) is 0 Å². The van der Waals surface area contributed by atoms with Crippen molar-refractivity contribution < 1.29 is 0 Å². The van der Waals surface area contributed by atoms with Crippen LogP contribution in [-0.4, -0.2) is 19.1 Å². The summed E-state index contributed by atoms with van der Waals surface area (Å²) in [5.41, 5.74) is 5.97. The van der Waals surface area contributed by atoms with Crippen LogP contribution in [0.15, 0.2) is 0 Å². The molecule has 0 aromatic rings. The van der Waals surface area contributed by atoms with E-state index in [1.165, 1.54) is 25.7 Å². The number of hydrogen-bond acceptors (Lipinski definition) is 2. The molecule has 0 bridgehead atoms. The maximum atomic E-state index is 5.52. The predicted octanol–water partition coefficient (Wildman–Crippen LogP) is 2.53. The third-order valence-electron chi connectivity index (χ3n) is 3.67. The highest BCUT2D eigenvalue weighted by Gasteiger charge is 2.33. The molecule has 1 aliphatic carbocycles. The van der Waals surface area contributed by atoms with Crippen molar-refractivity contribution in [3.8, 4) is 0 Å². The Morgan fingerprint density at radius 2 is 1.87 bits per heavy atom. The normalized spacial score (nSPS) is 28.0. The first-order valence-corrected chi connectivity index (χ1v) is 6.49. The third-order valence-corrected chi connectivity index (χ3v) is 3.67. The zero-order chi connectivity index (χ0) is 11.3. The lowest BCUT2D eigenvalue weighted by Gasteiger charge is -2.41. The Balaban J connectivity index is 2.43. The van der Waals surface area contributed by atoms with E-state index in [4.69, 9.17) is 5.73 Å². The molecule has 2 atom stereocenters. The highest BCUT2D eigenvalue weighted by Crippen LogP contribution is 2.37. The van der Waals surface area contributed by atoms with Gasteiger partial charge in [-0.05, 0) is 43.7 Å². The molecule has 0 radical (unpaired) electrons. The predicted molar refractivity (Wildman–Crippen MR) is 66.9 cm³/mol. The molecule has 2 unspecified atom stereocenters. The van der Waals surface area contributed by atoms with E-state index in [0.29, 0.717) is 5.41 Å². The van der Waals surface area contributed by atoms with E-state index < -0.39 is 0 Å². The van der Waals surface area contributed by atoms with Gasteiger partial charge in [0.2, 0.25) is 0 Å². The second-order valence-corrected chi connectivity index (χ2v) is 5.96. The quantitative estimate of drug-likeness (QED) is 0.703. The summed E-state index contributed by atoms with van der Waals surface area (Å²) in [5, 5.41) is 3.70. The van der Waals surface area contributed by atoms with E-state index >= 15 is 0 Å². The third kappa shape index (κ3) is 4.12. The van der Waals surface area contributed by atoms with Gasteiger partial charge in [0.25, 0.3) is 0 Å². The second-order valence-electron chi connectivity index (χ2n) is 5.96. The molecule has 1 aliphatic rings. The average molecular weight is 212 g/mol. The van der Waals surface area contributed by atoms with E-state index in [-0.39, 0.29) is 0 Å². The van der Waals surface area contributed by atoms with Crippen molar-refractivity contribution in [1.29, 1.82) is 0 Å². The Morgan fingerprint density at radius 3 is 2.47 bits per heavy atom. The molecule has 15 heavy (non-hydrogen) atoms. The highest BCUT2D eigenvalue weighted by molar-refractivity contribution is 4.88. The Kier molecular flexibility index (Phi) is 5.07. The van der Waals surface area contributed by atoms with Crippen molar-refractivity contribution in [1.82, 2.24) is 5.32 Å². The van der Waals surface area contributed by atoms with Crippen LogP contribution in [0.2, 0.25) is 0 Å². The summed E-state index contributed by atoms with van der Waals surface area (Å²) in [6.07, 6.45) is 6.66. The van der Waals surface area contributed by atoms with E-state index in [1.54, 1.807) is 0 Å². The molecule has 0 saturated heterocycles. The second kappa shape index (κ2) is 5.86. The molecule has 2 nitrogen and oxygen atoms in total. The fraction of sp³-hybridized carbons (Fsp3) is 1.00. The topological polar surface area (TPSA) is 38.0 Å². The van der Waals surface area contributed by atoms with Crippen LogP contribution >= 0.6 is 0 Å². The van der Waals surface area contributed by atoms with Gasteiger partial charge in [-0.15, -0.1) is 0 Å². The summed E-state index contributed by atoms with van der Waals surface area (Å²) < 4.78 is 0. The molecule has 0 aliphatic heterocycles. The fourth-order valence-corrected chi connectivity index (χ4v) is 2.80. The molecule has 0 aromatic heterocycles. The monoisotopic (exact) mass is 212 g/mol. The van der Waals surface area contributed by atoms with Gasteiger partial charge in [0.05, 0.1) is 0 Å².